The first-order valence-electron chi connectivity index (χ1n) is 6.61. The number of benzene rings is 2. The largest absolute Gasteiger partial charge is 0.279 e. The van der Waals surface area contributed by atoms with Crippen molar-refractivity contribution in [3.63, 3.8) is 0 Å². The summed E-state index contributed by atoms with van der Waals surface area (Å²) in [7, 11) is 0. The number of hydrogen-bond acceptors (Lipinski definition) is 5. The summed E-state index contributed by atoms with van der Waals surface area (Å²) in [5.74, 6) is 0. The molecule has 0 saturated heterocycles. The summed E-state index contributed by atoms with van der Waals surface area (Å²) in [6, 6.07) is 4.91. The molecule has 0 amide bonds. The minimum Gasteiger partial charge on any atom is -0.258 e. The Morgan fingerprint density at radius 1 is 1.12 bits per heavy atom. The summed E-state index contributed by atoms with van der Waals surface area (Å²) in [5, 5.41) is 30.9. The maximum atomic E-state index is 11.3. The summed E-state index contributed by atoms with van der Waals surface area (Å²) < 4.78 is 0. The van der Waals surface area contributed by atoms with Crippen LogP contribution in [0.25, 0.3) is 4.85 Å². The molecular formula is C15H5Cl3N4O4. The lowest BCUT2D eigenvalue weighted by Crippen LogP contribution is -2.01. The van der Waals surface area contributed by atoms with Gasteiger partial charge >= 0.3 is 0 Å². The van der Waals surface area contributed by atoms with Crippen molar-refractivity contribution in [1.29, 1.82) is 5.26 Å². The standard InChI is InChI=1S/C15H5Cl3N4O4/c1-20-15-13(17)10(6-19)9(12(16)14(15)18)4-7-2-3-8(21(23)24)5-11(7)22(25)26/h2-3,5H,4H2. The van der Waals surface area contributed by atoms with Crippen LogP contribution in [0.2, 0.25) is 15.1 Å². The fraction of sp³-hybridized carbons (Fsp3) is 0.0667. The van der Waals surface area contributed by atoms with Gasteiger partial charge in [-0.15, -0.1) is 0 Å². The van der Waals surface area contributed by atoms with Crippen LogP contribution in [0.5, 0.6) is 0 Å². The second-order valence-corrected chi connectivity index (χ2v) is 6.01. The number of nitrogens with zero attached hydrogens (tertiary/aromatic N) is 4. The first-order chi connectivity index (χ1) is 12.2. The molecule has 0 aromatic heterocycles. The fourth-order valence-electron chi connectivity index (χ4n) is 2.25. The molecule has 8 nitrogen and oxygen atoms in total. The molecule has 0 spiro atoms. The fourth-order valence-corrected chi connectivity index (χ4v) is 3.09. The molecule has 2 aromatic rings. The van der Waals surface area contributed by atoms with E-state index in [0.29, 0.717) is 0 Å². The van der Waals surface area contributed by atoms with Crippen molar-refractivity contribution in [2.24, 2.45) is 0 Å². The zero-order valence-corrected chi connectivity index (χ0v) is 14.8. The third-order valence-corrected chi connectivity index (χ3v) is 4.71. The number of nitriles is 1. The molecule has 11 heteroatoms. The van der Waals surface area contributed by atoms with Gasteiger partial charge in [-0.3, -0.25) is 20.2 Å². The van der Waals surface area contributed by atoms with Gasteiger partial charge in [-0.25, -0.2) is 4.85 Å². The van der Waals surface area contributed by atoms with E-state index in [9.17, 15) is 25.5 Å². The van der Waals surface area contributed by atoms with Gasteiger partial charge in [0, 0.05) is 18.1 Å². The van der Waals surface area contributed by atoms with E-state index < -0.39 is 21.2 Å². The van der Waals surface area contributed by atoms with E-state index in [1.165, 1.54) is 6.07 Å². The van der Waals surface area contributed by atoms with E-state index in [1.807, 2.05) is 6.07 Å². The molecule has 0 saturated carbocycles. The molecule has 26 heavy (non-hydrogen) atoms. The summed E-state index contributed by atoms with van der Waals surface area (Å²) in [5.41, 5.74) is -1.14. The van der Waals surface area contributed by atoms with E-state index in [1.54, 1.807) is 0 Å². The summed E-state index contributed by atoms with van der Waals surface area (Å²) in [6.45, 7) is 7.07. The third kappa shape index (κ3) is 3.39. The molecule has 0 unspecified atom stereocenters. The normalized spacial score (nSPS) is 10.0. The molecule has 0 radical (unpaired) electrons. The highest BCUT2D eigenvalue weighted by Crippen LogP contribution is 2.44. The lowest BCUT2D eigenvalue weighted by molar-refractivity contribution is -0.394. The van der Waals surface area contributed by atoms with Crippen molar-refractivity contribution in [3.05, 3.63) is 81.6 Å². The van der Waals surface area contributed by atoms with Crippen molar-refractivity contribution in [3.8, 4) is 6.07 Å². The second kappa shape index (κ2) is 7.54. The minimum atomic E-state index is -0.779. The van der Waals surface area contributed by atoms with Gasteiger partial charge in [0.1, 0.15) is 0 Å². The van der Waals surface area contributed by atoms with Crippen LogP contribution >= 0.6 is 34.8 Å². The van der Waals surface area contributed by atoms with Crippen molar-refractivity contribution in [2.45, 2.75) is 6.42 Å². The smallest absolute Gasteiger partial charge is 0.258 e. The van der Waals surface area contributed by atoms with E-state index in [2.05, 4.69) is 4.85 Å². The first-order valence-corrected chi connectivity index (χ1v) is 7.74. The highest BCUT2D eigenvalue weighted by atomic mass is 35.5. The van der Waals surface area contributed by atoms with Crippen molar-refractivity contribution < 1.29 is 9.85 Å². The Morgan fingerprint density at radius 2 is 1.77 bits per heavy atom. The van der Waals surface area contributed by atoms with Gasteiger partial charge in [0.2, 0.25) is 5.69 Å². The number of non-ortho nitro benzene ring substituents is 1. The van der Waals surface area contributed by atoms with Crippen LogP contribution in [0.3, 0.4) is 0 Å². The summed E-state index contributed by atoms with van der Waals surface area (Å²) in [6.07, 6.45) is -0.228. The number of nitro benzene ring substituents is 2. The van der Waals surface area contributed by atoms with Gasteiger partial charge in [-0.1, -0.05) is 34.8 Å². The molecule has 2 rings (SSSR count). The van der Waals surface area contributed by atoms with Crippen molar-refractivity contribution in [1.82, 2.24) is 0 Å². The van der Waals surface area contributed by atoms with Crippen LogP contribution in [0, 0.1) is 38.1 Å². The van der Waals surface area contributed by atoms with Crippen molar-refractivity contribution in [2.75, 3.05) is 0 Å². The predicted octanol–water partition coefficient (Wildman–Crippen LogP) is 5.48. The second-order valence-electron chi connectivity index (χ2n) is 4.87. The SMILES string of the molecule is [C-]#[N+]c1c(Cl)c(Cl)c(Cc2ccc([N+](=O)[O-])cc2[N+](=O)[O-])c(C#N)c1Cl. The number of halogens is 3. The molecule has 0 heterocycles. The van der Waals surface area contributed by atoms with E-state index in [0.717, 1.165) is 12.1 Å². The third-order valence-electron chi connectivity index (χ3n) is 3.46. The quantitative estimate of drug-likeness (QED) is 0.286. The van der Waals surface area contributed by atoms with Crippen LogP contribution in [-0.2, 0) is 6.42 Å². The average Bonchev–Trinajstić information content (AvgIpc) is 2.60. The molecule has 0 aliphatic carbocycles. The van der Waals surface area contributed by atoms with Gasteiger partial charge in [0.05, 0.1) is 49.2 Å². The van der Waals surface area contributed by atoms with Crippen LogP contribution < -0.4 is 0 Å². The van der Waals surface area contributed by atoms with E-state index in [4.69, 9.17) is 41.4 Å². The highest BCUT2D eigenvalue weighted by Gasteiger charge is 2.25. The van der Waals surface area contributed by atoms with Gasteiger partial charge < -0.3 is 0 Å². The average molecular weight is 412 g/mol. The molecule has 0 bridgehead atoms. The summed E-state index contributed by atoms with van der Waals surface area (Å²) >= 11 is 18.2. The molecule has 0 fully saturated rings. The molecule has 0 aliphatic heterocycles. The van der Waals surface area contributed by atoms with E-state index >= 15 is 0 Å². The van der Waals surface area contributed by atoms with Crippen LogP contribution in [-0.4, -0.2) is 9.85 Å². The maximum absolute atomic E-state index is 11.3. The van der Waals surface area contributed by atoms with E-state index in [-0.39, 0.29) is 43.9 Å². The molecule has 0 N–H and O–H groups in total. The van der Waals surface area contributed by atoms with Crippen molar-refractivity contribution >= 4 is 51.9 Å². The Balaban J connectivity index is 2.71. The van der Waals surface area contributed by atoms with Crippen LogP contribution in [0.4, 0.5) is 17.1 Å². The zero-order chi connectivity index (χ0) is 19.6. The predicted molar refractivity (Wildman–Crippen MR) is 95.0 cm³/mol. The Kier molecular flexibility index (Phi) is 5.63. The van der Waals surface area contributed by atoms with Crippen LogP contribution in [0.1, 0.15) is 16.7 Å². The lowest BCUT2D eigenvalue weighted by atomic mass is 9.98. The first kappa shape index (κ1) is 19.4. The molecule has 0 aliphatic rings. The number of hydrogen-bond donors (Lipinski definition) is 0. The van der Waals surface area contributed by atoms with Gasteiger partial charge in [-0.2, -0.15) is 5.26 Å². The van der Waals surface area contributed by atoms with Gasteiger partial charge in [-0.05, 0) is 11.6 Å². The minimum absolute atomic E-state index is 0.0710. The Bertz CT molecular complexity index is 1040. The topological polar surface area (TPSA) is 114 Å². The Hall–Kier alpha value is -2.91. The molecular weight excluding hydrogens is 407 g/mol. The molecule has 130 valence electrons. The lowest BCUT2D eigenvalue weighted by Gasteiger charge is -2.12. The van der Waals surface area contributed by atoms with Crippen LogP contribution in [0.15, 0.2) is 18.2 Å². The Labute approximate surface area is 161 Å². The summed E-state index contributed by atoms with van der Waals surface area (Å²) in [4.78, 5) is 23.7. The zero-order valence-electron chi connectivity index (χ0n) is 12.5. The molecule has 2 aromatic carbocycles. The number of rotatable bonds is 4. The molecule has 0 atom stereocenters. The van der Waals surface area contributed by atoms with Gasteiger partial charge in [0.15, 0.2) is 0 Å². The number of nitro groups is 2. The van der Waals surface area contributed by atoms with Gasteiger partial charge in [0.25, 0.3) is 11.4 Å². The maximum Gasteiger partial charge on any atom is 0.279 e. The highest BCUT2D eigenvalue weighted by molar-refractivity contribution is 6.47. The monoisotopic (exact) mass is 410 g/mol. The Morgan fingerprint density at radius 3 is 2.27 bits per heavy atom.